The van der Waals surface area contributed by atoms with Crippen molar-refractivity contribution in [3.8, 4) is 11.5 Å². The van der Waals surface area contributed by atoms with Crippen molar-refractivity contribution in [2.45, 2.75) is 51.8 Å². The van der Waals surface area contributed by atoms with Gasteiger partial charge in [0.1, 0.15) is 17.2 Å². The molecule has 1 spiro atoms. The lowest BCUT2D eigenvalue weighted by molar-refractivity contribution is -0.131. The number of rotatable bonds is 6. The standard InChI is InChI=1S/C38H34BrN5O7/c1-17(2)29-36-43-32(35(48)41-16-26(46)22-15-40-30-21(22)7-5-10-28(30)49-19(4)45)33(51-36)38-23-8-6-9-25(39)31(23)44-37(38)50-27-12-11-20(14-24(27)38)13-18(3)34(47)42-29/h5-12,14-15,17-18,29,37,40,44H,13,16H2,1-4H3,(H,41,48)(H,42,47)/t18-,29?,37?,38-/m0/s1. The highest BCUT2D eigenvalue weighted by molar-refractivity contribution is 9.10. The van der Waals surface area contributed by atoms with Crippen LogP contribution in [0.25, 0.3) is 10.9 Å². The molecule has 51 heavy (non-hydrogen) atoms. The Morgan fingerprint density at radius 1 is 1.10 bits per heavy atom. The zero-order chi connectivity index (χ0) is 35.8. The first kappa shape index (κ1) is 32.8. The number of ether oxygens (including phenoxy) is 2. The highest BCUT2D eigenvalue weighted by Crippen LogP contribution is 2.59. The number of carbonyl (C=O) groups is 4. The minimum atomic E-state index is -1.15. The molecule has 3 aromatic carbocycles. The second-order valence-electron chi connectivity index (χ2n) is 13.6. The van der Waals surface area contributed by atoms with Gasteiger partial charge in [-0.25, -0.2) is 4.98 Å². The third-order valence-electron chi connectivity index (χ3n) is 9.90. The molecule has 3 aliphatic heterocycles. The normalized spacial score (nSPS) is 21.5. The Morgan fingerprint density at radius 3 is 2.69 bits per heavy atom. The zero-order valence-electron chi connectivity index (χ0n) is 28.2. The Kier molecular flexibility index (Phi) is 7.78. The topological polar surface area (TPSA) is 165 Å². The maximum Gasteiger partial charge on any atom is 0.308 e. The van der Waals surface area contributed by atoms with Gasteiger partial charge >= 0.3 is 5.97 Å². The molecule has 2 aromatic heterocycles. The SMILES string of the molecule is CC(=O)Oc1cccc2c(C(=O)CNC(=O)c3nc4oc3[C@]35c6cc(ccc6OC3Nc3c(Br)cccc35)C[C@H](C)C(=O)NC4C(C)C)c[nH]c12. The lowest BCUT2D eigenvalue weighted by Crippen LogP contribution is -2.41. The minimum Gasteiger partial charge on any atom is -0.469 e. The summed E-state index contributed by atoms with van der Waals surface area (Å²) in [4.78, 5) is 60.9. The fraction of sp³-hybridized carbons (Fsp3) is 0.289. The number of oxazole rings is 1. The Morgan fingerprint density at radius 2 is 1.90 bits per heavy atom. The summed E-state index contributed by atoms with van der Waals surface area (Å²) in [6, 6.07) is 16.1. The molecule has 0 saturated carbocycles. The van der Waals surface area contributed by atoms with Gasteiger partial charge in [0, 0.05) is 45.6 Å². The van der Waals surface area contributed by atoms with Gasteiger partial charge in [0.25, 0.3) is 5.91 Å². The van der Waals surface area contributed by atoms with E-state index < -0.39 is 29.6 Å². The van der Waals surface area contributed by atoms with Crippen LogP contribution in [0.1, 0.15) is 82.9 Å². The van der Waals surface area contributed by atoms with Gasteiger partial charge in [-0.05, 0) is 52.0 Å². The number of aromatic amines is 1. The summed E-state index contributed by atoms with van der Waals surface area (Å²) >= 11 is 3.69. The Labute approximate surface area is 300 Å². The highest BCUT2D eigenvalue weighted by Gasteiger charge is 2.61. The Balaban J connectivity index is 1.25. The first-order valence-corrected chi connectivity index (χ1v) is 17.5. The van der Waals surface area contributed by atoms with Gasteiger partial charge in [-0.3, -0.25) is 19.2 Å². The first-order valence-electron chi connectivity index (χ1n) is 16.7. The van der Waals surface area contributed by atoms with Crippen molar-refractivity contribution in [1.82, 2.24) is 20.6 Å². The van der Waals surface area contributed by atoms with Crippen LogP contribution in [-0.2, 0) is 21.4 Å². The Bertz CT molecular complexity index is 2290. The molecule has 4 bridgehead atoms. The number of aromatic nitrogens is 2. The molecular formula is C38H34BrN5O7. The van der Waals surface area contributed by atoms with Crippen LogP contribution >= 0.6 is 15.9 Å². The van der Waals surface area contributed by atoms with Gasteiger partial charge in [-0.2, -0.15) is 0 Å². The predicted molar refractivity (Wildman–Crippen MR) is 190 cm³/mol. The van der Waals surface area contributed by atoms with Crippen LogP contribution in [0.2, 0.25) is 0 Å². The molecule has 4 N–H and O–H groups in total. The third kappa shape index (κ3) is 5.12. The summed E-state index contributed by atoms with van der Waals surface area (Å²) in [6.07, 6.45) is 1.31. The molecule has 0 radical (unpaired) electrons. The smallest absolute Gasteiger partial charge is 0.308 e. The molecule has 3 aliphatic rings. The number of carbonyl (C=O) groups excluding carboxylic acids is 4. The molecule has 5 heterocycles. The van der Waals surface area contributed by atoms with E-state index in [0.29, 0.717) is 34.4 Å². The molecule has 13 heteroatoms. The quantitative estimate of drug-likeness (QED) is 0.0934. The molecule has 4 atom stereocenters. The van der Waals surface area contributed by atoms with Gasteiger partial charge in [-0.15, -0.1) is 0 Å². The van der Waals surface area contributed by atoms with Crippen LogP contribution in [0.4, 0.5) is 5.69 Å². The van der Waals surface area contributed by atoms with Crippen LogP contribution in [0, 0.1) is 11.8 Å². The number of ketones is 1. The van der Waals surface area contributed by atoms with Gasteiger partial charge in [0.15, 0.2) is 29.2 Å². The molecule has 2 unspecified atom stereocenters. The number of H-pyrrole nitrogens is 1. The number of hydrogen-bond acceptors (Lipinski definition) is 9. The number of fused-ring (bicyclic) bond motifs is 5. The summed E-state index contributed by atoms with van der Waals surface area (Å²) in [6.45, 7) is 6.71. The molecule has 260 valence electrons. The van der Waals surface area contributed by atoms with E-state index in [1.54, 1.807) is 18.2 Å². The van der Waals surface area contributed by atoms with Crippen molar-refractivity contribution >= 4 is 56.1 Å². The summed E-state index contributed by atoms with van der Waals surface area (Å²) < 4.78 is 19.4. The van der Waals surface area contributed by atoms with Crippen LogP contribution in [0.5, 0.6) is 11.5 Å². The van der Waals surface area contributed by atoms with Crippen LogP contribution in [-0.4, -0.2) is 46.3 Å². The second-order valence-corrected chi connectivity index (χ2v) is 14.4. The maximum absolute atomic E-state index is 14.4. The van der Waals surface area contributed by atoms with Gasteiger partial charge in [0.2, 0.25) is 11.8 Å². The number of amides is 2. The highest BCUT2D eigenvalue weighted by atomic mass is 79.9. The molecule has 5 aromatic rings. The second kappa shape index (κ2) is 12.1. The summed E-state index contributed by atoms with van der Waals surface area (Å²) in [5.74, 6) is -0.850. The van der Waals surface area contributed by atoms with Crippen LogP contribution in [0.15, 0.2) is 69.7 Å². The van der Waals surface area contributed by atoms with Crippen molar-refractivity contribution < 1.29 is 33.1 Å². The van der Waals surface area contributed by atoms with Crippen molar-refractivity contribution in [1.29, 1.82) is 0 Å². The summed E-state index contributed by atoms with van der Waals surface area (Å²) in [5, 5.41) is 9.96. The number of Topliss-reactive ketones (excluding diaryl/α,β-unsaturated/α-hetero) is 1. The molecule has 8 rings (SSSR count). The fourth-order valence-corrected chi connectivity index (χ4v) is 7.95. The third-order valence-corrected chi connectivity index (χ3v) is 10.6. The summed E-state index contributed by atoms with van der Waals surface area (Å²) in [5.41, 5.74) is 2.95. The van der Waals surface area contributed by atoms with E-state index >= 15 is 0 Å². The molecule has 0 aliphatic carbocycles. The number of hydrogen-bond donors (Lipinski definition) is 4. The van der Waals surface area contributed by atoms with E-state index in [9.17, 15) is 19.2 Å². The number of nitrogens with one attached hydrogen (secondary N) is 4. The lowest BCUT2D eigenvalue weighted by atomic mass is 9.72. The zero-order valence-corrected chi connectivity index (χ0v) is 29.8. The van der Waals surface area contributed by atoms with Crippen LogP contribution in [0.3, 0.4) is 0 Å². The summed E-state index contributed by atoms with van der Waals surface area (Å²) in [7, 11) is 0. The largest absolute Gasteiger partial charge is 0.469 e. The number of nitrogens with zero attached hydrogens (tertiary/aromatic N) is 1. The van der Waals surface area contributed by atoms with Crippen molar-refractivity contribution in [3.05, 3.63) is 105 Å². The van der Waals surface area contributed by atoms with Gasteiger partial charge in [-0.1, -0.05) is 57.2 Å². The van der Waals surface area contributed by atoms with Crippen LogP contribution < -0.4 is 25.4 Å². The average molecular weight is 753 g/mol. The van der Waals surface area contributed by atoms with E-state index in [4.69, 9.17) is 18.9 Å². The first-order chi connectivity index (χ1) is 24.5. The van der Waals surface area contributed by atoms with Gasteiger partial charge < -0.3 is 34.8 Å². The fourth-order valence-electron chi connectivity index (χ4n) is 7.47. The van der Waals surface area contributed by atoms with E-state index in [-0.39, 0.29) is 47.4 Å². The molecule has 0 saturated heterocycles. The van der Waals surface area contributed by atoms with E-state index in [1.807, 2.05) is 57.2 Å². The predicted octanol–water partition coefficient (Wildman–Crippen LogP) is 5.94. The number of esters is 1. The van der Waals surface area contributed by atoms with Crippen molar-refractivity contribution in [2.75, 3.05) is 11.9 Å². The molecule has 0 fully saturated rings. The van der Waals surface area contributed by atoms with Crippen molar-refractivity contribution in [2.24, 2.45) is 11.8 Å². The van der Waals surface area contributed by atoms with E-state index in [2.05, 4.69) is 36.9 Å². The molecular weight excluding hydrogens is 718 g/mol. The Hall–Kier alpha value is -5.43. The number of para-hydroxylation sites is 2. The van der Waals surface area contributed by atoms with Crippen molar-refractivity contribution in [3.63, 3.8) is 0 Å². The molecule has 12 nitrogen and oxygen atoms in total. The maximum atomic E-state index is 14.4. The van der Waals surface area contributed by atoms with E-state index in [0.717, 1.165) is 26.9 Å². The molecule has 2 amide bonds. The lowest BCUT2D eigenvalue weighted by Gasteiger charge is -2.28. The number of anilines is 1. The average Bonchev–Trinajstić information content (AvgIpc) is 3.86. The van der Waals surface area contributed by atoms with E-state index in [1.165, 1.54) is 13.1 Å². The monoisotopic (exact) mass is 751 g/mol. The number of halogens is 1. The minimum absolute atomic E-state index is 0.0254. The number of benzene rings is 3. The van der Waals surface area contributed by atoms with Gasteiger partial charge in [0.05, 0.1) is 17.7 Å².